The molecule has 6 nitrogen and oxygen atoms in total. The van der Waals surface area contributed by atoms with Crippen LogP contribution >= 0.6 is 0 Å². The lowest BCUT2D eigenvalue weighted by atomic mass is 10.1. The number of hydrogen-bond donors (Lipinski definition) is 3. The molecule has 0 aliphatic heterocycles. The Labute approximate surface area is 143 Å². The van der Waals surface area contributed by atoms with Crippen LogP contribution in [0.2, 0.25) is 0 Å². The molecule has 0 aliphatic carbocycles. The highest BCUT2D eigenvalue weighted by Gasteiger charge is 2.20. The fraction of sp³-hybridized carbons (Fsp3) is 0.444. The molecule has 0 spiro atoms. The van der Waals surface area contributed by atoms with Crippen molar-refractivity contribution in [1.82, 2.24) is 15.6 Å². The summed E-state index contributed by atoms with van der Waals surface area (Å²) in [4.78, 5) is 17.1. The molecule has 132 valence electrons. The molecule has 24 heavy (non-hydrogen) atoms. The molecule has 2 rings (SSSR count). The van der Waals surface area contributed by atoms with Crippen LogP contribution in [0.3, 0.4) is 0 Å². The number of fused-ring (bicyclic) bond motifs is 1. The molecule has 0 aliphatic rings. The Bertz CT molecular complexity index is 671. The van der Waals surface area contributed by atoms with E-state index >= 15 is 0 Å². The molecule has 0 fully saturated rings. The average Bonchev–Trinajstić information content (AvgIpc) is 2.56. The van der Waals surface area contributed by atoms with Crippen molar-refractivity contribution in [2.24, 2.45) is 5.73 Å². The summed E-state index contributed by atoms with van der Waals surface area (Å²) in [5, 5.41) is 6.56. The zero-order valence-electron chi connectivity index (χ0n) is 15.1. The van der Waals surface area contributed by atoms with Gasteiger partial charge in [0.2, 0.25) is 0 Å². The molecule has 1 heterocycles. The standard InChI is InChI=1S/C16H22N4O2.C2H6/c1-10(2)19-16(21)14-12-6-4-5-7-13(12)20-11(3)15(14)22-9-18-8-17;1-2/h4-7,10,18H,8-9,17H2,1-3H3,(H,19,21);1-2H3. The van der Waals surface area contributed by atoms with Crippen LogP contribution in [0.1, 0.15) is 43.7 Å². The van der Waals surface area contributed by atoms with E-state index in [1.54, 1.807) is 0 Å². The molecule has 1 amide bonds. The summed E-state index contributed by atoms with van der Waals surface area (Å²) in [5.41, 5.74) is 7.35. The maximum Gasteiger partial charge on any atom is 0.256 e. The third-order valence-corrected chi connectivity index (χ3v) is 3.13. The zero-order chi connectivity index (χ0) is 18.1. The second-order valence-corrected chi connectivity index (χ2v) is 5.29. The van der Waals surface area contributed by atoms with Gasteiger partial charge in [-0.15, -0.1) is 0 Å². The Hall–Kier alpha value is -2.18. The lowest BCUT2D eigenvalue weighted by Gasteiger charge is -2.17. The number of para-hydroxylation sites is 1. The number of aryl methyl sites for hydroxylation is 1. The molecule has 0 radical (unpaired) electrons. The Morgan fingerprint density at radius 3 is 2.58 bits per heavy atom. The van der Waals surface area contributed by atoms with Gasteiger partial charge in [0, 0.05) is 18.1 Å². The summed E-state index contributed by atoms with van der Waals surface area (Å²) >= 11 is 0. The van der Waals surface area contributed by atoms with Crippen LogP contribution < -0.4 is 21.1 Å². The molecule has 0 unspecified atom stereocenters. The maximum absolute atomic E-state index is 12.6. The highest BCUT2D eigenvalue weighted by Crippen LogP contribution is 2.29. The fourth-order valence-electron chi connectivity index (χ4n) is 2.24. The fourth-order valence-corrected chi connectivity index (χ4v) is 2.24. The molecule has 2 aromatic rings. The SMILES string of the molecule is CC.Cc1nc2ccccc2c(C(=O)NC(C)C)c1OCNCN. The minimum absolute atomic E-state index is 0.0368. The number of carbonyl (C=O) groups is 1. The topological polar surface area (TPSA) is 89.3 Å². The van der Waals surface area contributed by atoms with Crippen LogP contribution in [0.5, 0.6) is 5.75 Å². The van der Waals surface area contributed by atoms with E-state index in [1.807, 2.05) is 58.9 Å². The van der Waals surface area contributed by atoms with Gasteiger partial charge in [0.15, 0.2) is 5.75 Å². The molecule has 1 aromatic heterocycles. The zero-order valence-corrected chi connectivity index (χ0v) is 15.1. The number of benzene rings is 1. The Morgan fingerprint density at radius 1 is 1.29 bits per heavy atom. The van der Waals surface area contributed by atoms with Crippen molar-refractivity contribution in [3.8, 4) is 5.75 Å². The van der Waals surface area contributed by atoms with Crippen molar-refractivity contribution >= 4 is 16.8 Å². The molecule has 0 saturated carbocycles. The second-order valence-electron chi connectivity index (χ2n) is 5.29. The summed E-state index contributed by atoms with van der Waals surface area (Å²) in [6.45, 7) is 10.2. The van der Waals surface area contributed by atoms with Gasteiger partial charge in [-0.25, -0.2) is 4.98 Å². The van der Waals surface area contributed by atoms with Crippen LogP contribution in [0.4, 0.5) is 0 Å². The van der Waals surface area contributed by atoms with E-state index in [0.29, 0.717) is 23.7 Å². The lowest BCUT2D eigenvalue weighted by molar-refractivity contribution is 0.0940. The molecule has 0 saturated heterocycles. The third-order valence-electron chi connectivity index (χ3n) is 3.13. The van der Waals surface area contributed by atoms with Crippen molar-refractivity contribution in [3.05, 3.63) is 35.5 Å². The quantitative estimate of drug-likeness (QED) is 0.559. The van der Waals surface area contributed by atoms with Gasteiger partial charge in [-0.1, -0.05) is 32.0 Å². The van der Waals surface area contributed by atoms with Gasteiger partial charge in [-0.2, -0.15) is 0 Å². The van der Waals surface area contributed by atoms with E-state index in [9.17, 15) is 4.79 Å². The first-order valence-electron chi connectivity index (χ1n) is 8.28. The normalized spacial score (nSPS) is 10.3. The number of hydrogen-bond acceptors (Lipinski definition) is 5. The first kappa shape index (κ1) is 19.9. The summed E-state index contributed by atoms with van der Waals surface area (Å²) in [6, 6.07) is 7.58. The Morgan fingerprint density at radius 2 is 1.96 bits per heavy atom. The minimum atomic E-state index is -0.167. The summed E-state index contributed by atoms with van der Waals surface area (Å²) in [5.74, 6) is 0.317. The van der Waals surface area contributed by atoms with Crippen molar-refractivity contribution in [2.45, 2.75) is 40.7 Å². The van der Waals surface area contributed by atoms with Gasteiger partial charge < -0.3 is 15.8 Å². The minimum Gasteiger partial charge on any atom is -0.476 e. The van der Waals surface area contributed by atoms with Crippen molar-refractivity contribution < 1.29 is 9.53 Å². The average molecular weight is 332 g/mol. The number of aromatic nitrogens is 1. The number of ether oxygens (including phenoxy) is 1. The van der Waals surface area contributed by atoms with Gasteiger partial charge >= 0.3 is 0 Å². The Balaban J connectivity index is 0.00000139. The monoisotopic (exact) mass is 332 g/mol. The van der Waals surface area contributed by atoms with Crippen LogP contribution in [0.25, 0.3) is 10.9 Å². The van der Waals surface area contributed by atoms with Gasteiger partial charge in [-0.05, 0) is 26.8 Å². The van der Waals surface area contributed by atoms with Crippen molar-refractivity contribution in [3.63, 3.8) is 0 Å². The number of nitrogens with two attached hydrogens (primary N) is 1. The van der Waals surface area contributed by atoms with E-state index in [1.165, 1.54) is 0 Å². The summed E-state index contributed by atoms with van der Waals surface area (Å²) in [7, 11) is 0. The molecular weight excluding hydrogens is 304 g/mol. The van der Waals surface area contributed by atoms with Crippen LogP contribution in [0, 0.1) is 6.92 Å². The predicted octanol–water partition coefficient (Wildman–Crippen LogP) is 2.55. The molecular formula is C18H28N4O2. The van der Waals surface area contributed by atoms with E-state index in [2.05, 4.69) is 15.6 Å². The van der Waals surface area contributed by atoms with Gasteiger partial charge in [0.05, 0.1) is 16.8 Å². The van der Waals surface area contributed by atoms with Crippen LogP contribution in [-0.2, 0) is 0 Å². The summed E-state index contributed by atoms with van der Waals surface area (Å²) in [6.07, 6.45) is 0. The number of nitrogens with one attached hydrogen (secondary N) is 2. The Kier molecular flexibility index (Phi) is 8.15. The number of amides is 1. The third kappa shape index (κ3) is 4.91. The predicted molar refractivity (Wildman–Crippen MR) is 98.1 cm³/mol. The van der Waals surface area contributed by atoms with E-state index < -0.39 is 0 Å². The van der Waals surface area contributed by atoms with Crippen LogP contribution in [0.15, 0.2) is 24.3 Å². The van der Waals surface area contributed by atoms with Gasteiger partial charge in [-0.3, -0.25) is 10.1 Å². The molecule has 4 N–H and O–H groups in total. The number of pyridine rings is 1. The van der Waals surface area contributed by atoms with Gasteiger partial charge in [0.1, 0.15) is 6.73 Å². The van der Waals surface area contributed by atoms with Crippen molar-refractivity contribution in [1.29, 1.82) is 0 Å². The highest BCUT2D eigenvalue weighted by atomic mass is 16.5. The first-order valence-corrected chi connectivity index (χ1v) is 8.28. The molecule has 0 atom stereocenters. The molecule has 1 aromatic carbocycles. The molecule has 6 heteroatoms. The van der Waals surface area contributed by atoms with E-state index in [4.69, 9.17) is 10.5 Å². The van der Waals surface area contributed by atoms with Crippen LogP contribution in [-0.4, -0.2) is 30.3 Å². The first-order chi connectivity index (χ1) is 11.5. The highest BCUT2D eigenvalue weighted by molar-refractivity contribution is 6.08. The second kappa shape index (κ2) is 9.85. The van der Waals surface area contributed by atoms with Gasteiger partial charge in [0.25, 0.3) is 5.91 Å². The molecule has 0 bridgehead atoms. The largest absolute Gasteiger partial charge is 0.476 e. The number of rotatable bonds is 6. The number of nitrogens with zero attached hydrogens (tertiary/aromatic N) is 1. The van der Waals surface area contributed by atoms with E-state index in [-0.39, 0.29) is 18.7 Å². The smallest absolute Gasteiger partial charge is 0.256 e. The lowest BCUT2D eigenvalue weighted by Crippen LogP contribution is -2.32. The number of carbonyl (C=O) groups excluding carboxylic acids is 1. The summed E-state index contributed by atoms with van der Waals surface area (Å²) < 4.78 is 5.70. The maximum atomic E-state index is 12.6. The van der Waals surface area contributed by atoms with Crippen molar-refractivity contribution in [2.75, 3.05) is 13.4 Å². The van der Waals surface area contributed by atoms with E-state index in [0.717, 1.165) is 10.9 Å².